The van der Waals surface area contributed by atoms with Crippen LogP contribution in [0.25, 0.3) is 10.9 Å². The van der Waals surface area contributed by atoms with Crippen molar-refractivity contribution in [1.29, 1.82) is 0 Å². The molecule has 1 N–H and O–H groups in total. The number of hydrogen-bond acceptors (Lipinski definition) is 3. The van der Waals surface area contributed by atoms with Crippen molar-refractivity contribution in [2.24, 2.45) is 5.92 Å². The second-order valence-electron chi connectivity index (χ2n) is 7.90. The van der Waals surface area contributed by atoms with Crippen molar-refractivity contribution < 1.29 is 14.0 Å². The van der Waals surface area contributed by atoms with E-state index in [0.717, 1.165) is 10.9 Å². The van der Waals surface area contributed by atoms with Gasteiger partial charge in [0.15, 0.2) is 0 Å². The topological polar surface area (TPSA) is 62.3 Å². The molecular formula is C20H22FN3O2. The number of benzene rings is 1. The lowest BCUT2D eigenvalue weighted by molar-refractivity contribution is -0.136. The van der Waals surface area contributed by atoms with Crippen LogP contribution in [0.3, 0.4) is 0 Å². The van der Waals surface area contributed by atoms with E-state index in [1.807, 2.05) is 32.0 Å². The molecule has 2 aromatic rings. The highest BCUT2D eigenvalue weighted by Crippen LogP contribution is 2.39. The second kappa shape index (κ2) is 6.04. The van der Waals surface area contributed by atoms with Crippen molar-refractivity contribution in [1.82, 2.24) is 15.2 Å². The van der Waals surface area contributed by atoms with Gasteiger partial charge in [0.2, 0.25) is 5.91 Å². The quantitative estimate of drug-likeness (QED) is 0.921. The van der Waals surface area contributed by atoms with Gasteiger partial charge in [0.05, 0.1) is 11.4 Å². The van der Waals surface area contributed by atoms with Crippen LogP contribution in [0.15, 0.2) is 36.5 Å². The Labute approximate surface area is 151 Å². The third-order valence-electron chi connectivity index (χ3n) is 5.38. The van der Waals surface area contributed by atoms with Crippen LogP contribution in [-0.2, 0) is 4.79 Å². The molecule has 136 valence electrons. The number of nitrogens with one attached hydrogen (secondary N) is 1. The lowest BCUT2D eigenvalue weighted by Gasteiger charge is -2.31. The molecule has 6 heteroatoms. The smallest absolute Gasteiger partial charge is 0.251 e. The largest absolute Gasteiger partial charge is 0.347 e. The number of rotatable bonds is 3. The van der Waals surface area contributed by atoms with Crippen LogP contribution in [0.4, 0.5) is 4.39 Å². The number of amides is 2. The van der Waals surface area contributed by atoms with Crippen LogP contribution < -0.4 is 5.32 Å². The minimum absolute atomic E-state index is 0.130. The van der Waals surface area contributed by atoms with E-state index < -0.39 is 12.1 Å². The van der Waals surface area contributed by atoms with Gasteiger partial charge in [0.1, 0.15) is 6.17 Å². The first-order chi connectivity index (χ1) is 12.3. The van der Waals surface area contributed by atoms with Crippen molar-refractivity contribution in [3.05, 3.63) is 42.1 Å². The Morgan fingerprint density at radius 3 is 2.81 bits per heavy atom. The number of likely N-dealkylation sites (tertiary alicyclic amines) is 1. The maximum Gasteiger partial charge on any atom is 0.251 e. The molecule has 5 nitrogen and oxygen atoms in total. The van der Waals surface area contributed by atoms with Crippen molar-refractivity contribution in [3.8, 4) is 0 Å². The van der Waals surface area contributed by atoms with E-state index in [2.05, 4.69) is 10.3 Å². The Morgan fingerprint density at radius 2 is 2.08 bits per heavy atom. The lowest BCUT2D eigenvalue weighted by Crippen LogP contribution is -2.44. The maximum atomic E-state index is 13.3. The van der Waals surface area contributed by atoms with Gasteiger partial charge in [0, 0.05) is 35.3 Å². The van der Waals surface area contributed by atoms with Crippen LogP contribution in [-0.4, -0.2) is 46.0 Å². The van der Waals surface area contributed by atoms with E-state index in [-0.39, 0.29) is 23.4 Å². The van der Waals surface area contributed by atoms with Gasteiger partial charge < -0.3 is 10.2 Å². The van der Waals surface area contributed by atoms with Gasteiger partial charge >= 0.3 is 0 Å². The van der Waals surface area contributed by atoms with Gasteiger partial charge in [-0.2, -0.15) is 0 Å². The number of pyridine rings is 1. The molecular weight excluding hydrogens is 333 g/mol. The number of aromatic nitrogens is 1. The molecule has 1 aliphatic carbocycles. The van der Waals surface area contributed by atoms with E-state index in [1.165, 1.54) is 0 Å². The van der Waals surface area contributed by atoms with Crippen LogP contribution in [0.1, 0.15) is 37.0 Å². The summed E-state index contributed by atoms with van der Waals surface area (Å²) in [6.45, 7) is 4.35. The van der Waals surface area contributed by atoms with E-state index >= 15 is 0 Å². The monoisotopic (exact) mass is 355 g/mol. The molecule has 1 saturated heterocycles. The highest BCUT2D eigenvalue weighted by Gasteiger charge is 2.51. The average molecular weight is 355 g/mol. The molecule has 0 spiro atoms. The molecule has 1 aromatic heterocycles. The molecule has 0 radical (unpaired) electrons. The van der Waals surface area contributed by atoms with Crippen LogP contribution in [0, 0.1) is 5.92 Å². The molecule has 1 aliphatic heterocycles. The molecule has 1 saturated carbocycles. The summed E-state index contributed by atoms with van der Waals surface area (Å²) in [5, 5.41) is 4.00. The fraction of sp³-hybridized carbons (Fsp3) is 0.450. The summed E-state index contributed by atoms with van der Waals surface area (Å²) >= 11 is 0. The van der Waals surface area contributed by atoms with Gasteiger partial charge in [0.25, 0.3) is 5.91 Å². The SMILES string of the molecule is CC1(C)CC(NC(=O)c2ccc3cccnc3c2)CN1C(=O)[C@@H]1C[C@H]1F. The van der Waals surface area contributed by atoms with Crippen molar-refractivity contribution in [2.45, 2.75) is 44.4 Å². The Morgan fingerprint density at radius 1 is 1.31 bits per heavy atom. The molecule has 26 heavy (non-hydrogen) atoms. The summed E-state index contributed by atoms with van der Waals surface area (Å²) in [5.74, 6) is -0.799. The Bertz CT molecular complexity index is 882. The van der Waals surface area contributed by atoms with Crippen molar-refractivity contribution in [3.63, 3.8) is 0 Å². The maximum absolute atomic E-state index is 13.3. The van der Waals surface area contributed by atoms with Gasteiger partial charge in [-0.25, -0.2) is 4.39 Å². The number of hydrogen-bond donors (Lipinski definition) is 1. The first-order valence-electron chi connectivity index (χ1n) is 8.96. The van der Waals surface area contributed by atoms with E-state index in [0.29, 0.717) is 24.9 Å². The van der Waals surface area contributed by atoms with Crippen LogP contribution in [0.2, 0.25) is 0 Å². The summed E-state index contributed by atoms with van der Waals surface area (Å²) in [6.07, 6.45) is 1.67. The number of carbonyl (C=O) groups is 2. The lowest BCUT2D eigenvalue weighted by atomic mass is 9.99. The highest BCUT2D eigenvalue weighted by molar-refractivity contribution is 5.98. The highest BCUT2D eigenvalue weighted by atomic mass is 19.1. The van der Waals surface area contributed by atoms with Gasteiger partial charge in [-0.3, -0.25) is 14.6 Å². The average Bonchev–Trinajstić information content (AvgIpc) is 3.26. The molecule has 2 fully saturated rings. The van der Waals surface area contributed by atoms with E-state index in [1.54, 1.807) is 23.2 Å². The molecule has 2 aliphatic rings. The molecule has 3 atom stereocenters. The summed E-state index contributed by atoms with van der Waals surface area (Å²) in [7, 11) is 0. The number of carbonyl (C=O) groups excluding carboxylic acids is 2. The first-order valence-corrected chi connectivity index (χ1v) is 8.96. The molecule has 4 rings (SSSR count). The Balaban J connectivity index is 1.46. The summed E-state index contributed by atoms with van der Waals surface area (Å²) in [6, 6.07) is 9.09. The summed E-state index contributed by atoms with van der Waals surface area (Å²) in [4.78, 5) is 31.1. The van der Waals surface area contributed by atoms with Crippen LogP contribution in [0.5, 0.6) is 0 Å². The number of halogens is 1. The number of alkyl halides is 1. The number of nitrogens with zero attached hydrogens (tertiary/aromatic N) is 2. The predicted molar refractivity (Wildman–Crippen MR) is 96.4 cm³/mol. The molecule has 2 amide bonds. The minimum Gasteiger partial charge on any atom is -0.347 e. The third kappa shape index (κ3) is 3.04. The summed E-state index contributed by atoms with van der Waals surface area (Å²) in [5.41, 5.74) is 0.929. The fourth-order valence-electron chi connectivity index (χ4n) is 3.83. The molecule has 2 heterocycles. The number of fused-ring (bicyclic) bond motifs is 1. The molecule has 1 aromatic carbocycles. The third-order valence-corrected chi connectivity index (χ3v) is 5.38. The van der Waals surface area contributed by atoms with Gasteiger partial charge in [-0.15, -0.1) is 0 Å². The fourth-order valence-corrected chi connectivity index (χ4v) is 3.83. The Hall–Kier alpha value is -2.50. The zero-order valence-electron chi connectivity index (χ0n) is 14.9. The standard InChI is InChI=1S/C20H22FN3O2/c1-20(2)10-14(11-24(20)19(26)15-9-16(15)21)23-18(25)13-6-5-12-4-3-7-22-17(12)8-13/h3-8,14-16H,9-11H2,1-2H3,(H,23,25)/t14?,15-,16-/m1/s1. The Kier molecular flexibility index (Phi) is 3.93. The minimum atomic E-state index is -1.00. The normalized spacial score (nSPS) is 26.7. The zero-order valence-corrected chi connectivity index (χ0v) is 14.9. The van der Waals surface area contributed by atoms with Gasteiger partial charge in [-0.05, 0) is 44.9 Å². The molecule has 1 unspecified atom stereocenters. The van der Waals surface area contributed by atoms with Crippen LogP contribution >= 0.6 is 0 Å². The van der Waals surface area contributed by atoms with E-state index in [9.17, 15) is 14.0 Å². The van der Waals surface area contributed by atoms with Crippen molar-refractivity contribution >= 4 is 22.7 Å². The zero-order chi connectivity index (χ0) is 18.5. The summed E-state index contributed by atoms with van der Waals surface area (Å²) < 4.78 is 13.3. The molecule has 0 bridgehead atoms. The van der Waals surface area contributed by atoms with Gasteiger partial charge in [-0.1, -0.05) is 12.1 Å². The van der Waals surface area contributed by atoms with E-state index in [4.69, 9.17) is 0 Å². The first kappa shape index (κ1) is 16.9. The van der Waals surface area contributed by atoms with Crippen molar-refractivity contribution in [2.75, 3.05) is 6.54 Å². The second-order valence-corrected chi connectivity index (χ2v) is 7.90. The predicted octanol–water partition coefficient (Wildman–Crippen LogP) is 2.70.